The Balaban J connectivity index is 2.26. The first-order valence-electron chi connectivity index (χ1n) is 4.54. The summed E-state index contributed by atoms with van der Waals surface area (Å²) in [4.78, 5) is 12.2. The van der Waals surface area contributed by atoms with Crippen LogP contribution in [0.2, 0.25) is 0 Å². The van der Waals surface area contributed by atoms with E-state index in [2.05, 4.69) is 0 Å². The number of carbonyl (C=O) groups excluding carboxylic acids is 1. The van der Waals surface area contributed by atoms with Crippen LogP contribution >= 0.6 is 11.8 Å². The molecular weight excluding hydrogens is 196 g/mol. The van der Waals surface area contributed by atoms with E-state index in [0.717, 1.165) is 4.90 Å². The van der Waals surface area contributed by atoms with Gasteiger partial charge in [0.05, 0.1) is 5.92 Å². The highest BCUT2D eigenvalue weighted by molar-refractivity contribution is 7.99. The third kappa shape index (κ3) is 3.83. The summed E-state index contributed by atoms with van der Waals surface area (Å²) in [6.45, 7) is 3.66. The zero-order valence-electron chi connectivity index (χ0n) is 8.40. The molecule has 0 aromatic heterocycles. The largest absolute Gasteiger partial charge is 0.454 e. The average Bonchev–Trinajstić information content (AvgIpc) is 2.19. The predicted molar refractivity (Wildman–Crippen MR) is 58.1 cm³/mol. The molecule has 2 nitrogen and oxygen atoms in total. The number of rotatable bonds is 4. The standard InChI is InChI=1S/C11H14O2S/c1-9(2)11(12)13-8-14-10-6-4-3-5-7-10/h3-7,9H,8H2,1-2H3. The Morgan fingerprint density at radius 1 is 1.36 bits per heavy atom. The summed E-state index contributed by atoms with van der Waals surface area (Å²) in [5, 5.41) is 0. The molecule has 0 amide bonds. The van der Waals surface area contributed by atoms with Crippen molar-refractivity contribution < 1.29 is 9.53 Å². The topological polar surface area (TPSA) is 26.3 Å². The van der Waals surface area contributed by atoms with Gasteiger partial charge < -0.3 is 4.74 Å². The van der Waals surface area contributed by atoms with Crippen molar-refractivity contribution in [2.75, 3.05) is 5.94 Å². The molecule has 0 N–H and O–H groups in total. The molecule has 1 aromatic carbocycles. The van der Waals surface area contributed by atoms with Gasteiger partial charge in [0.15, 0.2) is 0 Å². The van der Waals surface area contributed by atoms with Gasteiger partial charge in [-0.2, -0.15) is 0 Å². The molecule has 14 heavy (non-hydrogen) atoms. The zero-order chi connectivity index (χ0) is 10.4. The molecule has 1 rings (SSSR count). The summed E-state index contributed by atoms with van der Waals surface area (Å²) in [7, 11) is 0. The second-order valence-corrected chi connectivity index (χ2v) is 4.19. The molecule has 1 aromatic rings. The molecule has 0 spiro atoms. The van der Waals surface area contributed by atoms with Gasteiger partial charge in [-0.1, -0.05) is 43.8 Å². The minimum atomic E-state index is -0.145. The SMILES string of the molecule is CC(C)C(=O)OCSc1ccccc1. The third-order valence-electron chi connectivity index (χ3n) is 1.64. The Bertz CT molecular complexity index is 283. The van der Waals surface area contributed by atoms with E-state index >= 15 is 0 Å². The summed E-state index contributed by atoms with van der Waals surface area (Å²) >= 11 is 1.52. The average molecular weight is 210 g/mol. The van der Waals surface area contributed by atoms with E-state index in [0.29, 0.717) is 5.94 Å². The minimum Gasteiger partial charge on any atom is -0.454 e. The smallest absolute Gasteiger partial charge is 0.309 e. The maximum atomic E-state index is 11.1. The summed E-state index contributed by atoms with van der Waals surface area (Å²) < 4.78 is 5.03. The molecule has 0 aliphatic carbocycles. The van der Waals surface area contributed by atoms with Crippen molar-refractivity contribution in [1.29, 1.82) is 0 Å². The summed E-state index contributed by atoms with van der Waals surface area (Å²) in [5.74, 6) is 0.195. The van der Waals surface area contributed by atoms with Crippen LogP contribution in [0, 0.1) is 5.92 Å². The van der Waals surface area contributed by atoms with Crippen LogP contribution in [-0.4, -0.2) is 11.9 Å². The summed E-state index contributed by atoms with van der Waals surface area (Å²) in [6.07, 6.45) is 0. The van der Waals surface area contributed by atoms with E-state index in [1.165, 1.54) is 11.8 Å². The Kier molecular flexibility index (Phi) is 4.53. The number of thioether (sulfide) groups is 1. The Hall–Kier alpha value is -0.960. The second-order valence-electron chi connectivity index (χ2n) is 3.19. The van der Waals surface area contributed by atoms with Crippen molar-refractivity contribution in [1.82, 2.24) is 0 Å². The first-order valence-corrected chi connectivity index (χ1v) is 5.53. The van der Waals surface area contributed by atoms with E-state index in [9.17, 15) is 4.79 Å². The van der Waals surface area contributed by atoms with Crippen molar-refractivity contribution in [2.24, 2.45) is 5.92 Å². The van der Waals surface area contributed by atoms with Crippen molar-refractivity contribution in [3.8, 4) is 0 Å². The Labute approximate surface area is 88.7 Å². The summed E-state index contributed by atoms with van der Waals surface area (Å²) in [5.41, 5.74) is 0. The fourth-order valence-electron chi connectivity index (χ4n) is 0.839. The number of hydrogen-bond donors (Lipinski definition) is 0. The highest BCUT2D eigenvalue weighted by Crippen LogP contribution is 2.17. The molecule has 0 bridgehead atoms. The van der Waals surface area contributed by atoms with Gasteiger partial charge in [-0.25, -0.2) is 0 Å². The minimum absolute atomic E-state index is 0.0497. The van der Waals surface area contributed by atoms with Gasteiger partial charge in [0.25, 0.3) is 0 Å². The Morgan fingerprint density at radius 3 is 2.57 bits per heavy atom. The molecule has 0 heterocycles. The number of ether oxygens (including phenoxy) is 1. The van der Waals surface area contributed by atoms with E-state index in [-0.39, 0.29) is 11.9 Å². The van der Waals surface area contributed by atoms with Crippen LogP contribution in [0.3, 0.4) is 0 Å². The lowest BCUT2D eigenvalue weighted by Crippen LogP contribution is -2.10. The molecule has 0 saturated heterocycles. The molecule has 0 aliphatic rings. The first-order chi connectivity index (χ1) is 6.70. The molecule has 76 valence electrons. The number of hydrogen-bond acceptors (Lipinski definition) is 3. The van der Waals surface area contributed by atoms with Crippen LogP contribution in [0.25, 0.3) is 0 Å². The first kappa shape index (κ1) is 11.1. The monoisotopic (exact) mass is 210 g/mol. The fraction of sp³-hybridized carbons (Fsp3) is 0.364. The number of carbonyl (C=O) groups is 1. The van der Waals surface area contributed by atoms with Crippen LogP contribution < -0.4 is 0 Å². The van der Waals surface area contributed by atoms with Crippen LogP contribution in [0.5, 0.6) is 0 Å². The lowest BCUT2D eigenvalue weighted by Gasteiger charge is -2.06. The highest BCUT2D eigenvalue weighted by Gasteiger charge is 2.07. The predicted octanol–water partition coefficient (Wildman–Crippen LogP) is 2.94. The molecule has 0 saturated carbocycles. The quantitative estimate of drug-likeness (QED) is 0.434. The van der Waals surface area contributed by atoms with Gasteiger partial charge in [-0.05, 0) is 12.1 Å². The van der Waals surface area contributed by atoms with Gasteiger partial charge in [-0.15, -0.1) is 0 Å². The molecule has 0 atom stereocenters. The van der Waals surface area contributed by atoms with Crippen molar-refractivity contribution >= 4 is 17.7 Å². The van der Waals surface area contributed by atoms with Gasteiger partial charge in [-0.3, -0.25) is 4.79 Å². The molecule has 0 aliphatic heterocycles. The molecule has 3 heteroatoms. The van der Waals surface area contributed by atoms with Crippen molar-refractivity contribution in [3.63, 3.8) is 0 Å². The molecule has 0 unspecified atom stereocenters. The number of benzene rings is 1. The normalized spacial score (nSPS) is 10.2. The second kappa shape index (κ2) is 5.70. The van der Waals surface area contributed by atoms with Crippen LogP contribution in [0.15, 0.2) is 35.2 Å². The van der Waals surface area contributed by atoms with Gasteiger partial charge >= 0.3 is 5.97 Å². The zero-order valence-corrected chi connectivity index (χ0v) is 9.21. The Morgan fingerprint density at radius 2 is 2.00 bits per heavy atom. The highest BCUT2D eigenvalue weighted by atomic mass is 32.2. The molecule has 0 fully saturated rings. The lowest BCUT2D eigenvalue weighted by molar-refractivity contribution is -0.144. The van der Waals surface area contributed by atoms with Crippen molar-refractivity contribution in [3.05, 3.63) is 30.3 Å². The van der Waals surface area contributed by atoms with Crippen LogP contribution in [0.1, 0.15) is 13.8 Å². The maximum absolute atomic E-state index is 11.1. The van der Waals surface area contributed by atoms with E-state index < -0.39 is 0 Å². The van der Waals surface area contributed by atoms with E-state index in [1.807, 2.05) is 44.2 Å². The van der Waals surface area contributed by atoms with Crippen LogP contribution in [-0.2, 0) is 9.53 Å². The van der Waals surface area contributed by atoms with Gasteiger partial charge in [0.1, 0.15) is 5.94 Å². The lowest BCUT2D eigenvalue weighted by atomic mass is 10.2. The van der Waals surface area contributed by atoms with E-state index in [4.69, 9.17) is 4.74 Å². The van der Waals surface area contributed by atoms with E-state index in [1.54, 1.807) is 0 Å². The van der Waals surface area contributed by atoms with Gasteiger partial charge in [0, 0.05) is 4.90 Å². The third-order valence-corrected chi connectivity index (χ3v) is 2.48. The molecular formula is C11H14O2S. The van der Waals surface area contributed by atoms with Gasteiger partial charge in [0.2, 0.25) is 0 Å². The number of esters is 1. The summed E-state index contributed by atoms with van der Waals surface area (Å²) in [6, 6.07) is 9.88. The molecule has 0 radical (unpaired) electrons. The van der Waals surface area contributed by atoms with Crippen molar-refractivity contribution in [2.45, 2.75) is 18.7 Å². The maximum Gasteiger partial charge on any atom is 0.309 e. The fourth-order valence-corrected chi connectivity index (χ4v) is 1.50. The van der Waals surface area contributed by atoms with Crippen LogP contribution in [0.4, 0.5) is 0 Å².